The van der Waals surface area contributed by atoms with Gasteiger partial charge in [-0.25, -0.2) is 4.99 Å². The highest BCUT2D eigenvalue weighted by atomic mass is 32.2. The van der Waals surface area contributed by atoms with E-state index in [9.17, 15) is 28.3 Å². The first-order valence-electron chi connectivity index (χ1n) is 16.8. The highest BCUT2D eigenvalue weighted by Gasteiger charge is 2.47. The van der Waals surface area contributed by atoms with Gasteiger partial charge in [0.1, 0.15) is 17.6 Å². The van der Waals surface area contributed by atoms with E-state index in [0.717, 1.165) is 22.3 Å². The minimum atomic E-state index is -4.53. The molecule has 7 atom stereocenters. The summed E-state index contributed by atoms with van der Waals surface area (Å²) in [6, 6.07) is 21.7. The molecule has 5 aliphatic heterocycles. The van der Waals surface area contributed by atoms with E-state index >= 15 is 0 Å². The highest BCUT2D eigenvalue weighted by molar-refractivity contribution is 7.86. The van der Waals surface area contributed by atoms with Crippen molar-refractivity contribution in [1.82, 2.24) is 0 Å². The molecule has 11 nitrogen and oxygen atoms in total. The Bertz CT molecular complexity index is 1760. The van der Waals surface area contributed by atoms with Gasteiger partial charge >= 0.3 is 0 Å². The number of phenols is 1. The molecular formula is C37H45N3O8S. The van der Waals surface area contributed by atoms with Crippen molar-refractivity contribution in [2.24, 2.45) is 28.3 Å². The summed E-state index contributed by atoms with van der Waals surface area (Å²) in [6.45, 7) is -0.171. The van der Waals surface area contributed by atoms with Crippen molar-refractivity contribution in [2.75, 3.05) is 13.2 Å². The number of nitrogens with zero attached hydrogens (tertiary/aromatic N) is 1. The van der Waals surface area contributed by atoms with Gasteiger partial charge in [0.15, 0.2) is 5.96 Å². The molecule has 7 unspecified atom stereocenters. The van der Waals surface area contributed by atoms with Gasteiger partial charge in [-0.15, -0.1) is 0 Å². The number of ether oxygens (including phenoxy) is 2. The number of aliphatic imine (C=N–C) groups is 1. The predicted molar refractivity (Wildman–Crippen MR) is 185 cm³/mol. The van der Waals surface area contributed by atoms with Crippen LogP contribution in [0.15, 0.2) is 89.4 Å². The van der Waals surface area contributed by atoms with Crippen LogP contribution in [0.4, 0.5) is 0 Å². The summed E-state index contributed by atoms with van der Waals surface area (Å²) >= 11 is 0. The molecule has 262 valence electrons. The van der Waals surface area contributed by atoms with Crippen molar-refractivity contribution in [3.05, 3.63) is 107 Å². The second-order valence-electron chi connectivity index (χ2n) is 13.4. The van der Waals surface area contributed by atoms with Crippen LogP contribution >= 0.6 is 0 Å². The van der Waals surface area contributed by atoms with E-state index in [4.69, 9.17) is 20.9 Å². The average Bonchev–Trinajstić information content (AvgIpc) is 3.20. The third-order valence-corrected chi connectivity index (χ3v) is 11.5. The Hall–Kier alpha value is -3.94. The normalized spacial score (nSPS) is 28.3. The van der Waals surface area contributed by atoms with Gasteiger partial charge in [0.25, 0.3) is 10.1 Å². The Morgan fingerprint density at radius 1 is 0.939 bits per heavy atom. The molecule has 3 aromatic carbocycles. The quantitative estimate of drug-likeness (QED) is 0.0851. The number of nitrogens with two attached hydrogens (primary N) is 2. The number of guanidine groups is 1. The molecule has 0 radical (unpaired) electrons. The van der Waals surface area contributed by atoms with Crippen molar-refractivity contribution in [2.45, 2.75) is 74.0 Å². The molecule has 6 bridgehead atoms. The number of allylic oxidation sites excluding steroid dienone is 1. The molecule has 9 rings (SSSR count). The average molecular weight is 692 g/mol. The number of aryl methyl sites for hydroxylation is 1. The predicted octanol–water partition coefficient (Wildman–Crippen LogP) is 4.43. The van der Waals surface area contributed by atoms with Crippen LogP contribution in [0, 0.1) is 11.8 Å². The fourth-order valence-electron chi connectivity index (χ4n) is 8.02. The van der Waals surface area contributed by atoms with Crippen molar-refractivity contribution in [1.29, 1.82) is 0 Å². The van der Waals surface area contributed by atoms with Gasteiger partial charge < -0.3 is 36.3 Å². The number of fused-ring (bicyclic) bond motifs is 2. The van der Waals surface area contributed by atoms with Crippen LogP contribution in [0.3, 0.4) is 0 Å². The number of phenolic OH excluding ortho intramolecular Hbond substituents is 1. The third kappa shape index (κ3) is 7.63. The number of hydrogen-bond acceptors (Lipinski definition) is 8. The van der Waals surface area contributed by atoms with E-state index in [1.807, 2.05) is 42.5 Å². The zero-order valence-corrected chi connectivity index (χ0v) is 28.1. The van der Waals surface area contributed by atoms with E-state index in [1.54, 1.807) is 36.4 Å². The molecule has 0 spiro atoms. The highest BCUT2D eigenvalue weighted by Crippen LogP contribution is 2.52. The van der Waals surface area contributed by atoms with Gasteiger partial charge in [0.2, 0.25) is 5.72 Å². The number of benzene rings is 3. The summed E-state index contributed by atoms with van der Waals surface area (Å²) in [5.41, 5.74) is 14.7. The molecule has 1 fully saturated rings. The first kappa shape index (κ1) is 34.9. The number of rotatable bonds is 8. The summed E-state index contributed by atoms with van der Waals surface area (Å²) in [7, 11) is -4.53. The Morgan fingerprint density at radius 2 is 1.63 bits per heavy atom. The van der Waals surface area contributed by atoms with Crippen LogP contribution in [0.5, 0.6) is 11.5 Å². The fourth-order valence-corrected chi connectivity index (χ4v) is 9.08. The molecule has 12 heteroatoms. The van der Waals surface area contributed by atoms with Crippen LogP contribution < -0.4 is 16.2 Å². The zero-order chi connectivity index (χ0) is 34.8. The summed E-state index contributed by atoms with van der Waals surface area (Å²) in [5, 5.41) is 28.6. The van der Waals surface area contributed by atoms with Crippen LogP contribution in [0.1, 0.15) is 72.8 Å². The standard InChI is InChI=1S/C37H45N3O8S/c38-36(39)40-37(17-1-18-41)28-9-5-24(6-10-28)34-26-20-27(35(47-31(21-26)16-19-42)25-7-11-29(43)12-8-25)22-32(34)33(49(44,45)46)15-4-23-2-13-30(48-37)14-3-23/h2-3,5-14,22,26,31-35,41-43H,1,4,15-21H2,(H4,38,39,40)(H,44,45,46). The molecule has 0 amide bonds. The van der Waals surface area contributed by atoms with Gasteiger partial charge in [0.05, 0.1) is 11.4 Å². The number of aliphatic hydroxyl groups excluding tert-OH is 2. The fraction of sp³-hybridized carbons (Fsp3) is 0.432. The van der Waals surface area contributed by atoms with Gasteiger partial charge in [-0.3, -0.25) is 4.55 Å². The lowest BCUT2D eigenvalue weighted by Gasteiger charge is -2.40. The Balaban J connectivity index is 1.54. The first-order valence-corrected chi connectivity index (χ1v) is 18.3. The number of aromatic hydroxyl groups is 1. The van der Waals surface area contributed by atoms with E-state index in [0.29, 0.717) is 43.4 Å². The molecule has 8 N–H and O–H groups in total. The van der Waals surface area contributed by atoms with Gasteiger partial charge in [0, 0.05) is 31.1 Å². The summed E-state index contributed by atoms with van der Waals surface area (Å²) in [6.07, 6.45) is 3.94. The maximum atomic E-state index is 13.4. The molecule has 1 aliphatic carbocycles. The number of aliphatic hydroxyl groups is 2. The zero-order valence-electron chi connectivity index (χ0n) is 27.3. The third-order valence-electron chi connectivity index (χ3n) is 10.2. The van der Waals surface area contributed by atoms with Crippen LogP contribution in [0.2, 0.25) is 0 Å². The molecule has 49 heavy (non-hydrogen) atoms. The first-order chi connectivity index (χ1) is 23.5. The molecule has 3 aromatic rings. The molecule has 5 heterocycles. The lowest BCUT2D eigenvalue weighted by Crippen LogP contribution is -2.39. The lowest BCUT2D eigenvalue weighted by atomic mass is 9.66. The summed E-state index contributed by atoms with van der Waals surface area (Å²) < 4.78 is 50.8. The Morgan fingerprint density at radius 3 is 2.27 bits per heavy atom. The van der Waals surface area contributed by atoms with Crippen molar-refractivity contribution < 1.29 is 37.8 Å². The molecule has 0 saturated carbocycles. The second-order valence-corrected chi connectivity index (χ2v) is 15.0. The van der Waals surface area contributed by atoms with E-state index in [-0.39, 0.29) is 55.7 Å². The maximum Gasteiger partial charge on any atom is 0.268 e. The van der Waals surface area contributed by atoms with Crippen LogP contribution in [-0.2, 0) is 27.0 Å². The molecule has 1 saturated heterocycles. The number of hydrogen-bond donors (Lipinski definition) is 6. The van der Waals surface area contributed by atoms with Gasteiger partial charge in [-0.1, -0.05) is 54.6 Å². The summed E-state index contributed by atoms with van der Waals surface area (Å²) in [5.74, 6) is -0.569. The topological polar surface area (TPSA) is 198 Å². The monoisotopic (exact) mass is 691 g/mol. The minimum absolute atomic E-state index is 0.0749. The van der Waals surface area contributed by atoms with Gasteiger partial charge in [-0.2, -0.15) is 8.42 Å². The Kier molecular flexibility index (Phi) is 10.3. The van der Waals surface area contributed by atoms with Gasteiger partial charge in [-0.05, 0) is 96.9 Å². The lowest BCUT2D eigenvalue weighted by molar-refractivity contribution is -0.00769. The van der Waals surface area contributed by atoms with Crippen LogP contribution in [0.25, 0.3) is 0 Å². The largest absolute Gasteiger partial charge is 0.508 e. The van der Waals surface area contributed by atoms with E-state index in [1.165, 1.54) is 0 Å². The maximum absolute atomic E-state index is 13.4. The summed E-state index contributed by atoms with van der Waals surface area (Å²) in [4.78, 5) is 4.56. The Labute approximate surface area is 287 Å². The molecule has 6 aliphatic rings. The molecular weight excluding hydrogens is 646 g/mol. The van der Waals surface area contributed by atoms with Crippen LogP contribution in [-0.4, -0.2) is 58.8 Å². The molecule has 0 aromatic heterocycles. The minimum Gasteiger partial charge on any atom is -0.508 e. The SMILES string of the molecule is NC(N)=NC1(CCCO)Oc2ccc(cc2)CCC(S(=O)(=O)O)C2C=C3CC(CC(CCO)OC3c3ccc(O)cc3)C2c2ccc1cc2. The van der Waals surface area contributed by atoms with Crippen molar-refractivity contribution >= 4 is 16.1 Å². The van der Waals surface area contributed by atoms with Crippen molar-refractivity contribution in [3.63, 3.8) is 0 Å². The van der Waals surface area contributed by atoms with E-state index < -0.39 is 33.1 Å². The van der Waals surface area contributed by atoms with E-state index in [2.05, 4.69) is 4.99 Å². The van der Waals surface area contributed by atoms with Crippen molar-refractivity contribution in [3.8, 4) is 11.5 Å². The smallest absolute Gasteiger partial charge is 0.268 e. The second kappa shape index (κ2) is 14.5.